The van der Waals surface area contributed by atoms with E-state index in [2.05, 4.69) is 4.74 Å². The summed E-state index contributed by atoms with van der Waals surface area (Å²) in [7, 11) is 1.32. The van der Waals surface area contributed by atoms with E-state index in [1.807, 2.05) is 48.5 Å². The summed E-state index contributed by atoms with van der Waals surface area (Å²) < 4.78 is 10.1. The van der Waals surface area contributed by atoms with Gasteiger partial charge >= 0.3 is 11.9 Å². The first kappa shape index (κ1) is 16.0. The Morgan fingerprint density at radius 3 is 2.58 bits per heavy atom. The second-order valence-corrected chi connectivity index (χ2v) is 5.76. The zero-order valence-electron chi connectivity index (χ0n) is 13.4. The molecule has 1 aliphatic heterocycles. The van der Waals surface area contributed by atoms with Crippen molar-refractivity contribution in [2.45, 2.75) is 18.3 Å². The maximum absolute atomic E-state index is 12.7. The summed E-state index contributed by atoms with van der Waals surface area (Å²) in [4.78, 5) is 24.1. The molecule has 122 valence electrons. The fraction of sp³-hybridized carbons (Fsp3) is 0.200. The van der Waals surface area contributed by atoms with Gasteiger partial charge in [0.1, 0.15) is 11.2 Å². The van der Waals surface area contributed by atoms with Crippen LogP contribution in [0.15, 0.2) is 66.7 Å². The second-order valence-electron chi connectivity index (χ2n) is 5.76. The van der Waals surface area contributed by atoms with Crippen LogP contribution in [0.2, 0.25) is 0 Å². The number of allylic oxidation sites excluding steroid dienone is 1. The van der Waals surface area contributed by atoms with Gasteiger partial charge in [0.2, 0.25) is 0 Å². The molecule has 2 aromatic rings. The summed E-state index contributed by atoms with van der Waals surface area (Å²) in [5.41, 5.74) is 1.06. The molecule has 0 amide bonds. The SMILES string of the molecule is COC(=O)/C=C/C[C@@]1(Cc2ccccc2)C(=O)Oc2ccccc21. The minimum Gasteiger partial charge on any atom is -0.466 e. The van der Waals surface area contributed by atoms with Crippen LogP contribution in [0.4, 0.5) is 0 Å². The average Bonchev–Trinajstić information content (AvgIpc) is 2.88. The number of esters is 2. The van der Waals surface area contributed by atoms with Crippen molar-refractivity contribution in [1.82, 2.24) is 0 Å². The van der Waals surface area contributed by atoms with Gasteiger partial charge in [-0.25, -0.2) is 4.79 Å². The van der Waals surface area contributed by atoms with Crippen molar-refractivity contribution in [2.24, 2.45) is 0 Å². The Labute approximate surface area is 140 Å². The first-order chi connectivity index (χ1) is 11.7. The number of fused-ring (bicyclic) bond motifs is 1. The lowest BCUT2D eigenvalue weighted by molar-refractivity contribution is -0.138. The predicted octanol–water partition coefficient (Wildman–Crippen LogP) is 3.21. The molecule has 0 bridgehead atoms. The molecule has 24 heavy (non-hydrogen) atoms. The van der Waals surface area contributed by atoms with E-state index in [0.29, 0.717) is 18.6 Å². The molecule has 0 aromatic heterocycles. The van der Waals surface area contributed by atoms with E-state index in [9.17, 15) is 9.59 Å². The molecule has 0 saturated heterocycles. The minimum atomic E-state index is -0.831. The normalized spacial score (nSPS) is 19.1. The molecule has 0 N–H and O–H groups in total. The number of carbonyl (C=O) groups is 2. The van der Waals surface area contributed by atoms with Crippen LogP contribution in [-0.4, -0.2) is 19.0 Å². The van der Waals surface area contributed by atoms with Crippen molar-refractivity contribution in [3.63, 3.8) is 0 Å². The third kappa shape index (κ3) is 2.95. The number of ether oxygens (including phenoxy) is 2. The zero-order valence-corrected chi connectivity index (χ0v) is 13.4. The molecule has 0 radical (unpaired) electrons. The van der Waals surface area contributed by atoms with E-state index in [0.717, 1.165) is 11.1 Å². The largest absolute Gasteiger partial charge is 0.466 e. The third-order valence-corrected chi connectivity index (χ3v) is 4.27. The highest BCUT2D eigenvalue weighted by Gasteiger charge is 2.48. The number of methoxy groups -OCH3 is 1. The van der Waals surface area contributed by atoms with E-state index < -0.39 is 11.4 Å². The number of rotatable bonds is 5. The van der Waals surface area contributed by atoms with Gasteiger partial charge in [0.05, 0.1) is 7.11 Å². The smallest absolute Gasteiger partial charge is 0.330 e. The van der Waals surface area contributed by atoms with Crippen LogP contribution in [0.5, 0.6) is 5.75 Å². The lowest BCUT2D eigenvalue weighted by Gasteiger charge is -2.24. The van der Waals surface area contributed by atoms with Gasteiger partial charge < -0.3 is 9.47 Å². The average molecular weight is 322 g/mol. The van der Waals surface area contributed by atoms with Crippen LogP contribution in [0.25, 0.3) is 0 Å². The van der Waals surface area contributed by atoms with Crippen LogP contribution >= 0.6 is 0 Å². The number of carbonyl (C=O) groups excluding carboxylic acids is 2. The highest BCUT2D eigenvalue weighted by Crippen LogP contribution is 2.44. The lowest BCUT2D eigenvalue weighted by atomic mass is 9.74. The molecule has 4 heteroatoms. The minimum absolute atomic E-state index is 0.290. The first-order valence-corrected chi connectivity index (χ1v) is 7.76. The number of hydrogen-bond acceptors (Lipinski definition) is 4. The van der Waals surface area contributed by atoms with Crippen molar-refractivity contribution in [3.05, 3.63) is 77.9 Å². The number of benzene rings is 2. The fourth-order valence-corrected chi connectivity index (χ4v) is 3.06. The summed E-state index contributed by atoms with van der Waals surface area (Å²) in [6.07, 6.45) is 3.90. The van der Waals surface area contributed by atoms with Crippen molar-refractivity contribution in [1.29, 1.82) is 0 Å². The van der Waals surface area contributed by atoms with Gasteiger partial charge in [0.15, 0.2) is 0 Å². The molecule has 0 spiro atoms. The molecule has 0 unspecified atom stereocenters. The highest BCUT2D eigenvalue weighted by molar-refractivity contribution is 5.91. The molecular weight excluding hydrogens is 304 g/mol. The summed E-state index contributed by atoms with van der Waals surface area (Å²) in [5, 5.41) is 0. The first-order valence-electron chi connectivity index (χ1n) is 7.76. The fourth-order valence-electron chi connectivity index (χ4n) is 3.06. The molecule has 1 atom stereocenters. The van der Waals surface area contributed by atoms with Gasteiger partial charge in [0, 0.05) is 11.6 Å². The summed E-state index contributed by atoms with van der Waals surface area (Å²) in [6.45, 7) is 0. The van der Waals surface area contributed by atoms with Crippen LogP contribution in [-0.2, 0) is 26.2 Å². The van der Waals surface area contributed by atoms with E-state index in [1.54, 1.807) is 12.1 Å². The molecule has 0 fully saturated rings. The van der Waals surface area contributed by atoms with Crippen LogP contribution in [0.3, 0.4) is 0 Å². The Hall–Kier alpha value is -2.88. The van der Waals surface area contributed by atoms with Gasteiger partial charge in [-0.15, -0.1) is 0 Å². The van der Waals surface area contributed by atoms with Crippen molar-refractivity contribution >= 4 is 11.9 Å². The lowest BCUT2D eigenvalue weighted by Crippen LogP contribution is -2.35. The molecule has 3 rings (SSSR count). The summed E-state index contributed by atoms with van der Waals surface area (Å²) in [6, 6.07) is 17.2. The number of hydrogen-bond donors (Lipinski definition) is 0. The molecular formula is C20H18O4. The van der Waals surface area contributed by atoms with Gasteiger partial charge in [-0.05, 0) is 24.5 Å². The quantitative estimate of drug-likeness (QED) is 0.482. The van der Waals surface area contributed by atoms with Crippen LogP contribution < -0.4 is 4.74 Å². The molecule has 2 aromatic carbocycles. The maximum Gasteiger partial charge on any atom is 0.330 e. The highest BCUT2D eigenvalue weighted by atomic mass is 16.5. The Morgan fingerprint density at radius 1 is 1.12 bits per heavy atom. The van der Waals surface area contributed by atoms with Gasteiger partial charge in [-0.2, -0.15) is 0 Å². The Kier molecular flexibility index (Phi) is 4.47. The molecule has 0 aliphatic carbocycles. The van der Waals surface area contributed by atoms with Gasteiger partial charge in [-0.3, -0.25) is 4.79 Å². The number of para-hydroxylation sites is 1. The van der Waals surface area contributed by atoms with Crippen molar-refractivity contribution < 1.29 is 19.1 Å². The standard InChI is InChI=1S/C20H18O4/c1-23-18(21)12-7-13-20(14-15-8-3-2-4-9-15)16-10-5-6-11-17(16)24-19(20)22/h2-12H,13-14H2,1H3/b12-7+/t20-/m0/s1. The van der Waals surface area contributed by atoms with Crippen molar-refractivity contribution in [2.75, 3.05) is 7.11 Å². The third-order valence-electron chi connectivity index (χ3n) is 4.27. The van der Waals surface area contributed by atoms with E-state index >= 15 is 0 Å². The van der Waals surface area contributed by atoms with Gasteiger partial charge in [-0.1, -0.05) is 54.6 Å². The second kappa shape index (κ2) is 6.71. The van der Waals surface area contributed by atoms with Crippen molar-refractivity contribution in [3.8, 4) is 5.75 Å². The molecule has 1 heterocycles. The van der Waals surface area contributed by atoms with Crippen LogP contribution in [0.1, 0.15) is 17.5 Å². The topological polar surface area (TPSA) is 52.6 Å². The molecule has 0 saturated carbocycles. The predicted molar refractivity (Wildman–Crippen MR) is 89.7 cm³/mol. The van der Waals surface area contributed by atoms with Gasteiger partial charge in [0.25, 0.3) is 0 Å². The molecule has 4 nitrogen and oxygen atoms in total. The van der Waals surface area contributed by atoms with Crippen LogP contribution in [0, 0.1) is 0 Å². The Balaban J connectivity index is 2.00. The Bertz CT molecular complexity index is 779. The monoisotopic (exact) mass is 322 g/mol. The molecule has 1 aliphatic rings. The maximum atomic E-state index is 12.7. The summed E-state index contributed by atoms with van der Waals surface area (Å²) in [5.74, 6) is -0.142. The van der Waals surface area contributed by atoms with E-state index in [1.165, 1.54) is 13.2 Å². The summed E-state index contributed by atoms with van der Waals surface area (Å²) >= 11 is 0. The Morgan fingerprint density at radius 2 is 1.83 bits per heavy atom. The van der Waals surface area contributed by atoms with E-state index in [-0.39, 0.29) is 5.97 Å². The van der Waals surface area contributed by atoms with E-state index in [4.69, 9.17) is 4.74 Å². The zero-order chi connectivity index (χ0) is 17.0.